The van der Waals surface area contributed by atoms with E-state index in [1.54, 1.807) is 36.0 Å². The molecule has 0 fully saturated rings. The van der Waals surface area contributed by atoms with Crippen LogP contribution in [0.5, 0.6) is 0 Å². The van der Waals surface area contributed by atoms with E-state index in [1.807, 2.05) is 6.92 Å². The Balaban J connectivity index is 1.72. The number of hydrazine groups is 1. The Labute approximate surface area is 165 Å². The summed E-state index contributed by atoms with van der Waals surface area (Å²) >= 11 is 8.89. The van der Waals surface area contributed by atoms with Crippen molar-refractivity contribution in [1.82, 2.24) is 20.8 Å². The van der Waals surface area contributed by atoms with Crippen LogP contribution in [0.4, 0.5) is 10.5 Å². The molecule has 2 aromatic rings. The Morgan fingerprint density at radius 3 is 2.85 bits per heavy atom. The first-order valence-electron chi connectivity index (χ1n) is 7.76. The lowest BCUT2D eigenvalue weighted by Gasteiger charge is -2.08. The third kappa shape index (κ3) is 6.81. The Bertz CT molecular complexity index is 769. The number of urea groups is 1. The first-order valence-corrected chi connectivity index (χ1v) is 10.5. The molecular weight excluding hydrogens is 394 g/mol. The first kappa shape index (κ1) is 20.5. The van der Waals surface area contributed by atoms with Gasteiger partial charge < -0.3 is 10.3 Å². The van der Waals surface area contributed by atoms with Crippen molar-refractivity contribution in [3.05, 3.63) is 40.7 Å². The molecule has 3 amide bonds. The predicted molar refractivity (Wildman–Crippen MR) is 108 cm³/mol. The summed E-state index contributed by atoms with van der Waals surface area (Å²) in [7, 11) is 0. The summed E-state index contributed by atoms with van der Waals surface area (Å²) in [6.45, 7) is 1.97. The third-order valence-electron chi connectivity index (χ3n) is 3.24. The zero-order chi connectivity index (χ0) is 18.9. The van der Waals surface area contributed by atoms with E-state index in [-0.39, 0.29) is 11.7 Å². The molecule has 1 aromatic carbocycles. The highest BCUT2D eigenvalue weighted by molar-refractivity contribution is 7.99. The number of benzene rings is 1. The molecule has 0 unspecified atom stereocenters. The van der Waals surface area contributed by atoms with E-state index >= 15 is 0 Å². The number of hydrogen-bond donors (Lipinski definition) is 4. The monoisotopic (exact) mass is 413 g/mol. The molecule has 26 heavy (non-hydrogen) atoms. The van der Waals surface area contributed by atoms with Crippen LogP contribution in [0, 0.1) is 6.92 Å². The minimum atomic E-state index is -0.557. The summed E-state index contributed by atoms with van der Waals surface area (Å²) in [5.41, 5.74) is 7.20. The van der Waals surface area contributed by atoms with Crippen LogP contribution in [0.2, 0.25) is 5.02 Å². The number of aryl methyl sites for hydroxylation is 2. The van der Waals surface area contributed by atoms with Crippen molar-refractivity contribution in [2.75, 3.05) is 23.1 Å². The predicted octanol–water partition coefficient (Wildman–Crippen LogP) is 3.22. The van der Waals surface area contributed by atoms with Gasteiger partial charge in [0.05, 0.1) is 11.4 Å². The van der Waals surface area contributed by atoms with E-state index in [0.29, 0.717) is 15.9 Å². The first-order chi connectivity index (χ1) is 12.5. The van der Waals surface area contributed by atoms with Gasteiger partial charge in [0.2, 0.25) is 5.91 Å². The molecule has 0 radical (unpaired) electrons. The van der Waals surface area contributed by atoms with E-state index in [9.17, 15) is 9.59 Å². The number of halogens is 1. The van der Waals surface area contributed by atoms with Crippen LogP contribution in [0.3, 0.4) is 0 Å². The van der Waals surface area contributed by atoms with Gasteiger partial charge in [0.25, 0.3) is 0 Å². The fourth-order valence-corrected chi connectivity index (χ4v) is 3.33. The number of nitrogens with one attached hydrogen (secondary N) is 4. The van der Waals surface area contributed by atoms with Gasteiger partial charge in [0.15, 0.2) is 5.16 Å². The SMILES string of the molecule is CSCCc1nc(SCC(=O)NNC(=O)Nc2cccc(Cl)c2)[nH]c1C. The summed E-state index contributed by atoms with van der Waals surface area (Å²) in [4.78, 5) is 31.2. The molecule has 1 heterocycles. The van der Waals surface area contributed by atoms with Gasteiger partial charge in [0, 0.05) is 22.8 Å². The van der Waals surface area contributed by atoms with E-state index in [2.05, 4.69) is 32.4 Å². The van der Waals surface area contributed by atoms with Gasteiger partial charge in [-0.3, -0.25) is 10.2 Å². The molecule has 7 nitrogen and oxygen atoms in total. The number of thioether (sulfide) groups is 2. The maximum absolute atomic E-state index is 11.9. The lowest BCUT2D eigenvalue weighted by Crippen LogP contribution is -2.44. The Kier molecular flexibility index (Phi) is 8.14. The number of amides is 3. The van der Waals surface area contributed by atoms with Crippen LogP contribution in [-0.2, 0) is 11.2 Å². The Morgan fingerprint density at radius 2 is 2.12 bits per heavy atom. The minimum absolute atomic E-state index is 0.131. The zero-order valence-corrected chi connectivity index (χ0v) is 16.8. The van der Waals surface area contributed by atoms with Crippen LogP contribution in [0.15, 0.2) is 29.4 Å². The summed E-state index contributed by atoms with van der Waals surface area (Å²) in [6, 6.07) is 6.15. The van der Waals surface area contributed by atoms with Crippen LogP contribution in [0.1, 0.15) is 11.4 Å². The average molecular weight is 414 g/mol. The molecule has 140 valence electrons. The average Bonchev–Trinajstić information content (AvgIpc) is 2.96. The number of aromatic amines is 1. The molecule has 0 atom stereocenters. The number of nitrogens with zero attached hydrogens (tertiary/aromatic N) is 1. The lowest BCUT2D eigenvalue weighted by atomic mass is 10.3. The van der Waals surface area contributed by atoms with E-state index in [0.717, 1.165) is 23.6 Å². The Hall–Kier alpha value is -1.84. The number of hydrogen-bond acceptors (Lipinski definition) is 5. The van der Waals surface area contributed by atoms with Crippen molar-refractivity contribution < 1.29 is 9.59 Å². The minimum Gasteiger partial charge on any atom is -0.337 e. The largest absolute Gasteiger partial charge is 0.337 e. The van der Waals surface area contributed by atoms with E-state index < -0.39 is 6.03 Å². The van der Waals surface area contributed by atoms with E-state index in [1.165, 1.54) is 11.8 Å². The number of H-pyrrole nitrogens is 1. The molecule has 0 spiro atoms. The molecule has 0 saturated heterocycles. The van der Waals surface area contributed by atoms with Crippen molar-refractivity contribution in [3.63, 3.8) is 0 Å². The van der Waals surface area contributed by atoms with Gasteiger partial charge in [-0.15, -0.1) is 0 Å². The fraction of sp³-hybridized carbons (Fsp3) is 0.312. The van der Waals surface area contributed by atoms with Crippen LogP contribution < -0.4 is 16.2 Å². The number of rotatable bonds is 7. The summed E-state index contributed by atoms with van der Waals surface area (Å²) < 4.78 is 0. The summed E-state index contributed by atoms with van der Waals surface area (Å²) in [5, 5.41) is 3.77. The highest BCUT2D eigenvalue weighted by Crippen LogP contribution is 2.17. The topological polar surface area (TPSA) is 98.9 Å². The van der Waals surface area contributed by atoms with E-state index in [4.69, 9.17) is 11.6 Å². The maximum Gasteiger partial charge on any atom is 0.337 e. The molecule has 10 heteroatoms. The van der Waals surface area contributed by atoms with Gasteiger partial charge in [0.1, 0.15) is 0 Å². The molecule has 0 bridgehead atoms. The van der Waals surface area contributed by atoms with Crippen molar-refractivity contribution in [3.8, 4) is 0 Å². The van der Waals surface area contributed by atoms with Gasteiger partial charge in [-0.05, 0) is 37.1 Å². The number of carbonyl (C=O) groups is 2. The molecular formula is C16H20ClN5O2S2. The van der Waals surface area contributed by atoms with Gasteiger partial charge in [-0.2, -0.15) is 11.8 Å². The molecule has 4 N–H and O–H groups in total. The fourth-order valence-electron chi connectivity index (χ4n) is 2.00. The van der Waals surface area contributed by atoms with Crippen molar-refractivity contribution in [2.45, 2.75) is 18.5 Å². The smallest absolute Gasteiger partial charge is 0.337 e. The number of aromatic nitrogens is 2. The standard InChI is InChI=1S/C16H20ClN5O2S2/c1-10-13(6-7-25-2)20-16(18-10)26-9-14(23)21-22-15(24)19-12-5-3-4-11(17)8-12/h3-5,8H,6-7,9H2,1-2H3,(H,18,20)(H,21,23)(H2,19,22,24). The quantitative estimate of drug-likeness (QED) is 0.412. The number of imidazole rings is 1. The third-order valence-corrected chi connectivity index (χ3v) is 4.97. The highest BCUT2D eigenvalue weighted by atomic mass is 35.5. The van der Waals surface area contributed by atoms with Crippen molar-refractivity contribution in [2.24, 2.45) is 0 Å². The normalized spacial score (nSPS) is 10.4. The lowest BCUT2D eigenvalue weighted by molar-refractivity contribution is -0.119. The molecule has 1 aromatic heterocycles. The van der Waals surface area contributed by atoms with Gasteiger partial charge in [-0.25, -0.2) is 15.2 Å². The van der Waals surface area contributed by atoms with Crippen LogP contribution >= 0.6 is 35.1 Å². The summed E-state index contributed by atoms with van der Waals surface area (Å²) in [5.74, 6) is 0.796. The van der Waals surface area contributed by atoms with Crippen molar-refractivity contribution in [1.29, 1.82) is 0 Å². The van der Waals surface area contributed by atoms with Gasteiger partial charge in [-0.1, -0.05) is 29.4 Å². The molecule has 0 aliphatic rings. The Morgan fingerprint density at radius 1 is 1.31 bits per heavy atom. The number of anilines is 1. The summed E-state index contributed by atoms with van der Waals surface area (Å²) in [6.07, 6.45) is 2.94. The van der Waals surface area contributed by atoms with Crippen LogP contribution in [-0.4, -0.2) is 39.7 Å². The second kappa shape index (κ2) is 10.3. The molecule has 0 aliphatic carbocycles. The maximum atomic E-state index is 11.9. The highest BCUT2D eigenvalue weighted by Gasteiger charge is 2.10. The second-order valence-corrected chi connectivity index (χ2v) is 7.67. The molecule has 0 saturated carbocycles. The number of carbonyl (C=O) groups excluding carboxylic acids is 2. The van der Waals surface area contributed by atoms with Crippen molar-refractivity contribution >= 4 is 52.8 Å². The molecule has 0 aliphatic heterocycles. The zero-order valence-electron chi connectivity index (χ0n) is 14.4. The molecule has 2 rings (SSSR count). The second-order valence-electron chi connectivity index (χ2n) is 5.28. The van der Waals surface area contributed by atoms with Gasteiger partial charge >= 0.3 is 6.03 Å². The van der Waals surface area contributed by atoms with Crippen LogP contribution in [0.25, 0.3) is 0 Å².